The highest BCUT2D eigenvalue weighted by Crippen LogP contribution is 2.38. The molecule has 4 atom stereocenters. The highest BCUT2D eigenvalue weighted by atomic mass is 32.2. The van der Waals surface area contributed by atoms with E-state index in [0.717, 1.165) is 47.7 Å². The van der Waals surface area contributed by atoms with Gasteiger partial charge in [-0.1, -0.05) is 49.8 Å². The average Bonchev–Trinajstić information content (AvgIpc) is 3.09. The molecule has 3 unspecified atom stereocenters. The number of rotatable bonds is 5. The molecule has 4 aliphatic rings. The molecule has 0 saturated carbocycles. The van der Waals surface area contributed by atoms with Crippen LogP contribution in [0.3, 0.4) is 0 Å². The summed E-state index contributed by atoms with van der Waals surface area (Å²) < 4.78 is 12.8. The summed E-state index contributed by atoms with van der Waals surface area (Å²) in [7, 11) is 0. The molecule has 4 rings (SSSR count). The Bertz CT molecular complexity index is 941. The van der Waals surface area contributed by atoms with Gasteiger partial charge in [-0.15, -0.1) is 0 Å². The van der Waals surface area contributed by atoms with Gasteiger partial charge in [0.15, 0.2) is 11.7 Å². The molecular formula is C25H34N4OS. The van der Waals surface area contributed by atoms with Gasteiger partial charge in [0, 0.05) is 34.4 Å². The number of nitrogens with zero attached hydrogens (tertiary/aromatic N) is 2. The Hall–Kier alpha value is -2.02. The predicted octanol–water partition coefficient (Wildman–Crippen LogP) is 4.45. The van der Waals surface area contributed by atoms with Crippen LogP contribution in [0.2, 0.25) is 0 Å². The van der Waals surface area contributed by atoms with Crippen LogP contribution in [0.25, 0.3) is 0 Å². The van der Waals surface area contributed by atoms with Crippen molar-refractivity contribution in [3.63, 3.8) is 0 Å². The maximum absolute atomic E-state index is 12.8. The third-order valence-electron chi connectivity index (χ3n) is 6.49. The molecule has 2 heterocycles. The zero-order valence-corrected chi connectivity index (χ0v) is 19.9. The van der Waals surface area contributed by atoms with Gasteiger partial charge in [0.25, 0.3) is 0 Å². The molecule has 0 aromatic rings. The molecule has 5 nitrogen and oxygen atoms in total. The molecule has 2 N–H and O–H groups in total. The van der Waals surface area contributed by atoms with Crippen molar-refractivity contribution in [1.82, 2.24) is 15.6 Å². The lowest BCUT2D eigenvalue weighted by molar-refractivity contribution is 0.233. The largest absolute Gasteiger partial charge is 0.610 e. The first-order valence-electron chi connectivity index (χ1n) is 11.1. The van der Waals surface area contributed by atoms with Crippen LogP contribution in [0.4, 0.5) is 0 Å². The van der Waals surface area contributed by atoms with Gasteiger partial charge in [-0.3, -0.25) is 5.32 Å². The Kier molecular flexibility index (Phi) is 6.33. The number of nitrogens with one attached hydrogen (secondary N) is 2. The Balaban J connectivity index is 1.61. The summed E-state index contributed by atoms with van der Waals surface area (Å²) in [5.41, 5.74) is 4.58. The summed E-state index contributed by atoms with van der Waals surface area (Å²) in [6.45, 7) is 13.7. The van der Waals surface area contributed by atoms with Gasteiger partial charge in [-0.25, -0.2) is 5.01 Å². The Morgan fingerprint density at radius 3 is 2.94 bits per heavy atom. The van der Waals surface area contributed by atoms with Gasteiger partial charge < -0.3 is 9.87 Å². The molecule has 0 fully saturated rings. The molecule has 0 aromatic heterocycles. The number of allylic oxidation sites excluding steroid dienone is 7. The number of fused-ring (bicyclic) bond motifs is 1. The van der Waals surface area contributed by atoms with E-state index in [4.69, 9.17) is 5.10 Å². The first-order valence-corrected chi connectivity index (χ1v) is 12.5. The SMILES string of the molecule is C=C(C)[C@@]1(C)C=C2C(NC[S+]([O-])C3=CCCC=C3)=NN(C3=CC(C)=CC(C)C3)C2NC1. The predicted molar refractivity (Wildman–Crippen MR) is 130 cm³/mol. The van der Waals surface area contributed by atoms with E-state index in [2.05, 4.69) is 80.3 Å². The van der Waals surface area contributed by atoms with Gasteiger partial charge in [0.1, 0.15) is 11.1 Å². The molecule has 0 saturated heterocycles. The summed E-state index contributed by atoms with van der Waals surface area (Å²) in [4.78, 5) is 0.901. The Labute approximate surface area is 189 Å². The topological polar surface area (TPSA) is 62.7 Å². The average molecular weight is 439 g/mol. The number of hydrogen-bond acceptors (Lipinski definition) is 5. The highest BCUT2D eigenvalue weighted by molar-refractivity contribution is 7.95. The molecular weight excluding hydrogens is 404 g/mol. The van der Waals surface area contributed by atoms with E-state index in [1.165, 1.54) is 11.3 Å². The van der Waals surface area contributed by atoms with Crippen molar-refractivity contribution >= 4 is 17.0 Å². The summed E-state index contributed by atoms with van der Waals surface area (Å²) in [6.07, 6.45) is 15.9. The van der Waals surface area contributed by atoms with E-state index in [1.54, 1.807) is 0 Å². The molecule has 166 valence electrons. The van der Waals surface area contributed by atoms with E-state index in [-0.39, 0.29) is 11.6 Å². The summed E-state index contributed by atoms with van der Waals surface area (Å²) in [5.74, 6) is 1.64. The second-order valence-electron chi connectivity index (χ2n) is 9.35. The van der Waals surface area contributed by atoms with Crippen LogP contribution in [0.5, 0.6) is 0 Å². The minimum Gasteiger partial charge on any atom is -0.610 e. The van der Waals surface area contributed by atoms with Crippen molar-refractivity contribution in [2.75, 3.05) is 12.4 Å². The van der Waals surface area contributed by atoms with Crippen LogP contribution in [0.15, 0.2) is 75.5 Å². The lowest BCUT2D eigenvalue weighted by Crippen LogP contribution is -2.50. The van der Waals surface area contributed by atoms with Gasteiger partial charge in [-0.2, -0.15) is 5.10 Å². The monoisotopic (exact) mass is 438 g/mol. The molecule has 2 aliphatic carbocycles. The van der Waals surface area contributed by atoms with Crippen LogP contribution in [0.1, 0.15) is 47.0 Å². The normalized spacial score (nSPS) is 31.1. The Morgan fingerprint density at radius 2 is 2.26 bits per heavy atom. The van der Waals surface area contributed by atoms with Crippen LogP contribution in [-0.2, 0) is 11.2 Å². The van der Waals surface area contributed by atoms with E-state index < -0.39 is 11.2 Å². The zero-order valence-electron chi connectivity index (χ0n) is 19.1. The van der Waals surface area contributed by atoms with Crippen molar-refractivity contribution in [2.24, 2.45) is 16.4 Å². The van der Waals surface area contributed by atoms with Crippen LogP contribution in [-0.4, -0.2) is 34.0 Å². The van der Waals surface area contributed by atoms with E-state index in [9.17, 15) is 4.55 Å². The fourth-order valence-electron chi connectivity index (χ4n) is 4.52. The second kappa shape index (κ2) is 8.85. The van der Waals surface area contributed by atoms with Gasteiger partial charge in [0.2, 0.25) is 0 Å². The number of hydrazone groups is 1. The van der Waals surface area contributed by atoms with Crippen LogP contribution >= 0.6 is 0 Å². The number of amidine groups is 1. The third-order valence-corrected chi connectivity index (χ3v) is 7.73. The molecule has 0 aromatic carbocycles. The maximum atomic E-state index is 12.8. The smallest absolute Gasteiger partial charge is 0.182 e. The molecule has 0 bridgehead atoms. The van der Waals surface area contributed by atoms with Crippen molar-refractivity contribution < 1.29 is 4.55 Å². The first kappa shape index (κ1) is 22.2. The van der Waals surface area contributed by atoms with E-state index >= 15 is 0 Å². The molecule has 6 heteroatoms. The number of hydrogen-bond donors (Lipinski definition) is 2. The zero-order chi connectivity index (χ0) is 22.2. The lowest BCUT2D eigenvalue weighted by atomic mass is 9.79. The quantitative estimate of drug-likeness (QED) is 0.492. The third kappa shape index (κ3) is 4.61. The Morgan fingerprint density at radius 1 is 1.45 bits per heavy atom. The molecule has 0 amide bonds. The van der Waals surface area contributed by atoms with Gasteiger partial charge >= 0.3 is 0 Å². The molecule has 2 aliphatic heterocycles. The highest BCUT2D eigenvalue weighted by Gasteiger charge is 2.41. The van der Waals surface area contributed by atoms with Gasteiger partial charge in [-0.05, 0) is 57.3 Å². The lowest BCUT2D eigenvalue weighted by Gasteiger charge is -2.38. The minimum absolute atomic E-state index is 0.0125. The standard InChI is InChI=1S/C25H34N4OS/c1-17(2)25(5)14-22-23(27-16-31(30)21-9-7-6-8-10-21)28-29(24(22)26-15-25)20-12-18(3)11-19(4)13-20/h7,9-12,14,19,24,26H,1,6,8,13,15-16H2,2-5H3,(H,27,28)/t19?,24?,25-,31?/m0/s1. The fraction of sp³-hybridized carbons (Fsp3) is 0.480. The minimum atomic E-state index is -1.10. The van der Waals surface area contributed by atoms with Gasteiger partial charge in [0.05, 0.1) is 0 Å². The van der Waals surface area contributed by atoms with E-state index in [0.29, 0.717) is 11.8 Å². The summed E-state index contributed by atoms with van der Waals surface area (Å²) in [6, 6.07) is 0. The fourth-order valence-corrected chi connectivity index (χ4v) is 5.50. The van der Waals surface area contributed by atoms with Crippen molar-refractivity contribution in [2.45, 2.75) is 53.1 Å². The molecule has 0 radical (unpaired) electrons. The van der Waals surface area contributed by atoms with Crippen molar-refractivity contribution in [3.8, 4) is 0 Å². The molecule has 0 spiro atoms. The van der Waals surface area contributed by atoms with Crippen LogP contribution in [0, 0.1) is 11.3 Å². The summed E-state index contributed by atoms with van der Waals surface area (Å²) in [5, 5.41) is 14.2. The van der Waals surface area contributed by atoms with Crippen LogP contribution < -0.4 is 10.6 Å². The maximum Gasteiger partial charge on any atom is 0.182 e. The van der Waals surface area contributed by atoms with Crippen molar-refractivity contribution in [1.29, 1.82) is 0 Å². The van der Waals surface area contributed by atoms with E-state index in [1.807, 2.05) is 6.08 Å². The summed E-state index contributed by atoms with van der Waals surface area (Å²) >= 11 is -1.10. The first-order chi connectivity index (χ1) is 14.8. The van der Waals surface area contributed by atoms with Crippen molar-refractivity contribution in [3.05, 3.63) is 70.4 Å². The second-order valence-corrected chi connectivity index (χ2v) is 10.8. The molecule has 31 heavy (non-hydrogen) atoms.